The molecule has 1 aliphatic heterocycles. The Hall–Kier alpha value is -1.99. The Balaban J connectivity index is 1.68. The number of benzene rings is 1. The summed E-state index contributed by atoms with van der Waals surface area (Å²) in [7, 11) is 0. The first-order chi connectivity index (χ1) is 11.9. The number of halogens is 4. The van der Waals surface area contributed by atoms with Crippen molar-refractivity contribution in [2.24, 2.45) is 5.73 Å². The van der Waals surface area contributed by atoms with Crippen LogP contribution < -0.4 is 15.4 Å². The average molecular weight is 372 g/mol. The van der Waals surface area contributed by atoms with Gasteiger partial charge < -0.3 is 15.4 Å². The zero-order valence-electron chi connectivity index (χ0n) is 13.3. The fourth-order valence-corrected chi connectivity index (χ4v) is 3.21. The highest BCUT2D eigenvalue weighted by atomic mass is 35.5. The number of nitrogens with zero attached hydrogens (tertiary/aromatic N) is 2. The van der Waals surface area contributed by atoms with Crippen LogP contribution >= 0.6 is 11.6 Å². The fraction of sp³-hybridized carbons (Fsp3) is 0.353. The molecule has 0 saturated carbocycles. The molecule has 1 unspecified atom stereocenters. The molecule has 0 radical (unpaired) electrons. The van der Waals surface area contributed by atoms with Crippen LogP contribution in [0.5, 0.6) is 5.88 Å². The normalized spacial score (nSPS) is 17.8. The van der Waals surface area contributed by atoms with Crippen molar-refractivity contribution in [3.63, 3.8) is 0 Å². The lowest BCUT2D eigenvalue weighted by molar-refractivity contribution is -0.137. The van der Waals surface area contributed by atoms with E-state index in [9.17, 15) is 13.2 Å². The molecular formula is C17H17ClF3N3O. The quantitative estimate of drug-likeness (QED) is 0.886. The molecule has 1 aromatic heterocycles. The van der Waals surface area contributed by atoms with Gasteiger partial charge in [-0.3, -0.25) is 0 Å². The predicted octanol–water partition coefficient (Wildman–Crippen LogP) is 3.87. The van der Waals surface area contributed by atoms with Crippen LogP contribution in [-0.4, -0.2) is 24.2 Å². The molecule has 1 saturated heterocycles. The van der Waals surface area contributed by atoms with E-state index < -0.39 is 11.7 Å². The maximum atomic E-state index is 12.6. The summed E-state index contributed by atoms with van der Waals surface area (Å²) in [4.78, 5) is 5.83. The Labute approximate surface area is 148 Å². The van der Waals surface area contributed by atoms with Crippen molar-refractivity contribution in [1.29, 1.82) is 0 Å². The monoisotopic (exact) mass is 371 g/mol. The summed E-state index contributed by atoms with van der Waals surface area (Å²) in [6.45, 7) is 1.67. The van der Waals surface area contributed by atoms with E-state index in [0.717, 1.165) is 36.5 Å². The second-order valence-corrected chi connectivity index (χ2v) is 6.22. The second kappa shape index (κ2) is 7.09. The van der Waals surface area contributed by atoms with Crippen LogP contribution in [0.3, 0.4) is 0 Å². The van der Waals surface area contributed by atoms with E-state index in [-0.39, 0.29) is 12.0 Å². The van der Waals surface area contributed by atoms with E-state index >= 15 is 0 Å². The van der Waals surface area contributed by atoms with Crippen LogP contribution in [0, 0.1) is 0 Å². The molecule has 1 fully saturated rings. The zero-order chi connectivity index (χ0) is 18.0. The number of hydrogen-bond acceptors (Lipinski definition) is 4. The third kappa shape index (κ3) is 3.99. The maximum Gasteiger partial charge on any atom is 0.417 e. The van der Waals surface area contributed by atoms with Gasteiger partial charge in [-0.25, -0.2) is 4.98 Å². The molecular weight excluding hydrogens is 355 g/mol. The van der Waals surface area contributed by atoms with Gasteiger partial charge in [0.2, 0.25) is 5.88 Å². The summed E-state index contributed by atoms with van der Waals surface area (Å²) in [6.07, 6.45) is -3.08. The standard InChI is InChI=1S/C17H17ClF3N3O/c18-14-3-1-2-11(8-22)16(14)24-7-6-13(10-24)25-15-5-4-12(9-23-15)17(19,20)21/h1-5,9,13H,6-8,10,22H2. The van der Waals surface area contributed by atoms with Crippen LogP contribution in [-0.2, 0) is 12.7 Å². The highest BCUT2D eigenvalue weighted by Gasteiger charge is 2.31. The van der Waals surface area contributed by atoms with Gasteiger partial charge in [-0.05, 0) is 17.7 Å². The smallest absolute Gasteiger partial charge is 0.417 e. The maximum absolute atomic E-state index is 12.6. The van der Waals surface area contributed by atoms with Gasteiger partial charge >= 0.3 is 6.18 Å². The Bertz CT molecular complexity index is 737. The Morgan fingerprint density at radius 1 is 1.28 bits per heavy atom. The number of ether oxygens (including phenoxy) is 1. The van der Waals surface area contributed by atoms with Gasteiger partial charge in [0.25, 0.3) is 0 Å². The van der Waals surface area contributed by atoms with Gasteiger partial charge in [-0.15, -0.1) is 0 Å². The molecule has 2 N–H and O–H groups in total. The Morgan fingerprint density at radius 3 is 2.72 bits per heavy atom. The first kappa shape index (κ1) is 17.8. The molecule has 8 heteroatoms. The Kier molecular flexibility index (Phi) is 5.06. The summed E-state index contributed by atoms with van der Waals surface area (Å²) in [6, 6.07) is 7.79. The van der Waals surface area contributed by atoms with Gasteiger partial charge in [-0.1, -0.05) is 23.7 Å². The lowest BCUT2D eigenvalue weighted by Crippen LogP contribution is -2.26. The Morgan fingerprint density at radius 2 is 2.08 bits per heavy atom. The van der Waals surface area contributed by atoms with Gasteiger partial charge in [0.15, 0.2) is 0 Å². The van der Waals surface area contributed by atoms with Gasteiger partial charge in [0, 0.05) is 31.8 Å². The molecule has 25 heavy (non-hydrogen) atoms. The average Bonchev–Trinajstić information content (AvgIpc) is 3.02. The van der Waals surface area contributed by atoms with Crippen LogP contribution in [0.25, 0.3) is 0 Å². The number of nitrogens with two attached hydrogens (primary N) is 1. The van der Waals surface area contributed by atoms with E-state index in [1.807, 2.05) is 18.2 Å². The number of aromatic nitrogens is 1. The predicted molar refractivity (Wildman–Crippen MR) is 89.8 cm³/mol. The summed E-state index contributed by atoms with van der Waals surface area (Å²) in [5.41, 5.74) is 6.81. The third-order valence-electron chi connectivity index (χ3n) is 4.10. The molecule has 2 aromatic rings. The number of pyridine rings is 1. The molecule has 134 valence electrons. The minimum Gasteiger partial charge on any atom is -0.472 e. The number of alkyl halides is 3. The minimum atomic E-state index is -4.40. The second-order valence-electron chi connectivity index (χ2n) is 5.81. The highest BCUT2D eigenvalue weighted by molar-refractivity contribution is 6.33. The molecule has 1 aliphatic rings. The topological polar surface area (TPSA) is 51.4 Å². The third-order valence-corrected chi connectivity index (χ3v) is 4.41. The number of para-hydroxylation sites is 1. The molecule has 1 atom stereocenters. The fourth-order valence-electron chi connectivity index (χ4n) is 2.89. The number of hydrogen-bond donors (Lipinski definition) is 1. The summed E-state index contributed by atoms with van der Waals surface area (Å²) < 4.78 is 43.4. The molecule has 3 rings (SSSR count). The number of rotatable bonds is 4. The van der Waals surface area contributed by atoms with Crippen molar-refractivity contribution in [3.8, 4) is 5.88 Å². The van der Waals surface area contributed by atoms with E-state index in [4.69, 9.17) is 22.1 Å². The van der Waals surface area contributed by atoms with Crippen molar-refractivity contribution >= 4 is 17.3 Å². The minimum absolute atomic E-state index is 0.175. The molecule has 2 heterocycles. The molecule has 4 nitrogen and oxygen atoms in total. The van der Waals surface area contributed by atoms with Crippen molar-refractivity contribution in [3.05, 3.63) is 52.7 Å². The molecule has 0 amide bonds. The molecule has 0 aliphatic carbocycles. The highest BCUT2D eigenvalue weighted by Crippen LogP contribution is 2.33. The number of anilines is 1. The summed E-state index contributed by atoms with van der Waals surface area (Å²) in [5.74, 6) is 0.179. The van der Waals surface area contributed by atoms with E-state index in [0.29, 0.717) is 18.1 Å². The molecule has 1 aromatic carbocycles. The van der Waals surface area contributed by atoms with Gasteiger partial charge in [0.05, 0.1) is 22.8 Å². The van der Waals surface area contributed by atoms with Gasteiger partial charge in [0.1, 0.15) is 6.10 Å². The van der Waals surface area contributed by atoms with Crippen LogP contribution in [0.1, 0.15) is 17.5 Å². The summed E-state index contributed by atoms with van der Waals surface area (Å²) >= 11 is 6.30. The van der Waals surface area contributed by atoms with Crippen LogP contribution in [0.15, 0.2) is 36.5 Å². The van der Waals surface area contributed by atoms with Crippen molar-refractivity contribution < 1.29 is 17.9 Å². The largest absolute Gasteiger partial charge is 0.472 e. The van der Waals surface area contributed by atoms with Crippen LogP contribution in [0.2, 0.25) is 5.02 Å². The SMILES string of the molecule is NCc1cccc(Cl)c1N1CCC(Oc2ccc(C(F)(F)F)cn2)C1. The van der Waals surface area contributed by atoms with Crippen LogP contribution in [0.4, 0.5) is 18.9 Å². The van der Waals surface area contributed by atoms with Crippen molar-refractivity contribution in [2.75, 3.05) is 18.0 Å². The van der Waals surface area contributed by atoms with Crippen molar-refractivity contribution in [1.82, 2.24) is 4.98 Å². The molecule has 0 spiro atoms. The lowest BCUT2D eigenvalue weighted by atomic mass is 10.1. The first-order valence-electron chi connectivity index (χ1n) is 7.81. The van der Waals surface area contributed by atoms with E-state index in [2.05, 4.69) is 9.88 Å². The van der Waals surface area contributed by atoms with E-state index in [1.54, 1.807) is 0 Å². The van der Waals surface area contributed by atoms with Gasteiger partial charge in [-0.2, -0.15) is 13.2 Å². The summed E-state index contributed by atoms with van der Waals surface area (Å²) in [5, 5.41) is 0.622. The van der Waals surface area contributed by atoms with Crippen molar-refractivity contribution in [2.45, 2.75) is 25.2 Å². The first-order valence-corrected chi connectivity index (χ1v) is 8.18. The lowest BCUT2D eigenvalue weighted by Gasteiger charge is -2.23. The zero-order valence-corrected chi connectivity index (χ0v) is 14.0. The van der Waals surface area contributed by atoms with E-state index in [1.165, 1.54) is 6.07 Å². The molecule has 0 bridgehead atoms.